The maximum Gasteiger partial charge on any atom is 0.123 e. The predicted octanol–water partition coefficient (Wildman–Crippen LogP) is 1.92. The number of nitrogens with zero attached hydrogens (tertiary/aromatic N) is 1. The van der Waals surface area contributed by atoms with Gasteiger partial charge in [0.05, 0.1) is 7.11 Å². The molecule has 1 fully saturated rings. The molecule has 1 atom stereocenters. The summed E-state index contributed by atoms with van der Waals surface area (Å²) in [6.45, 7) is 4.21. The fraction of sp³-hybridized carbons (Fsp3) is 0.500. The Bertz CT molecular complexity index is 464. The molecule has 0 saturated carbocycles. The molecule has 1 heterocycles. The molecule has 1 aromatic rings. The van der Waals surface area contributed by atoms with E-state index in [0.29, 0.717) is 6.04 Å². The molecule has 1 unspecified atom stereocenters. The fourth-order valence-corrected chi connectivity index (χ4v) is 3.37. The van der Waals surface area contributed by atoms with E-state index in [2.05, 4.69) is 11.8 Å². The number of nitrogens with one attached hydrogen (secondary N) is 1. The zero-order chi connectivity index (χ0) is 13.8. The molecule has 0 aliphatic carbocycles. The first kappa shape index (κ1) is 14.2. The van der Waals surface area contributed by atoms with Crippen molar-refractivity contribution >= 4 is 17.6 Å². The first-order chi connectivity index (χ1) is 9.11. The van der Waals surface area contributed by atoms with Crippen molar-refractivity contribution in [3.05, 3.63) is 29.3 Å². The average molecular weight is 279 g/mol. The van der Waals surface area contributed by atoms with Gasteiger partial charge in [-0.1, -0.05) is 0 Å². The first-order valence-electron chi connectivity index (χ1n) is 6.45. The van der Waals surface area contributed by atoms with Crippen LogP contribution in [-0.4, -0.2) is 41.9 Å². The van der Waals surface area contributed by atoms with Gasteiger partial charge in [0.1, 0.15) is 11.6 Å². The number of thioether (sulfide) groups is 1. The number of benzene rings is 1. The third-order valence-corrected chi connectivity index (χ3v) is 4.66. The van der Waals surface area contributed by atoms with E-state index in [9.17, 15) is 0 Å². The number of methoxy groups -OCH3 is 1. The van der Waals surface area contributed by atoms with Gasteiger partial charge in [0.2, 0.25) is 0 Å². The van der Waals surface area contributed by atoms with E-state index in [1.54, 1.807) is 7.11 Å². The third kappa shape index (κ3) is 3.42. The quantitative estimate of drug-likeness (QED) is 0.653. The van der Waals surface area contributed by atoms with Crippen LogP contribution in [0.1, 0.15) is 18.1 Å². The Kier molecular flexibility index (Phi) is 4.71. The number of hydrogen-bond acceptors (Lipinski definition) is 4. The number of ether oxygens (including phenoxy) is 1. The van der Waals surface area contributed by atoms with Crippen molar-refractivity contribution in [2.45, 2.75) is 19.5 Å². The van der Waals surface area contributed by atoms with Gasteiger partial charge in [0.25, 0.3) is 0 Å². The summed E-state index contributed by atoms with van der Waals surface area (Å²) < 4.78 is 5.41. The van der Waals surface area contributed by atoms with Gasteiger partial charge in [-0.3, -0.25) is 10.3 Å². The molecule has 1 saturated heterocycles. The third-order valence-electron chi connectivity index (χ3n) is 3.47. The summed E-state index contributed by atoms with van der Waals surface area (Å²) >= 11 is 2.01. The maximum absolute atomic E-state index is 7.54. The molecule has 0 radical (unpaired) electrons. The van der Waals surface area contributed by atoms with Crippen molar-refractivity contribution in [2.75, 3.05) is 25.2 Å². The Morgan fingerprint density at radius 1 is 1.58 bits per heavy atom. The van der Waals surface area contributed by atoms with Crippen LogP contribution < -0.4 is 10.5 Å². The Morgan fingerprint density at radius 3 is 3.00 bits per heavy atom. The summed E-state index contributed by atoms with van der Waals surface area (Å²) in [7, 11) is 1.68. The molecular weight excluding hydrogens is 258 g/mol. The highest BCUT2D eigenvalue weighted by Crippen LogP contribution is 2.25. The van der Waals surface area contributed by atoms with E-state index in [-0.39, 0.29) is 5.84 Å². The molecule has 0 bridgehead atoms. The molecule has 0 aromatic heterocycles. The molecule has 104 valence electrons. The van der Waals surface area contributed by atoms with Crippen LogP contribution in [0, 0.1) is 5.41 Å². The lowest BCUT2D eigenvalue weighted by Gasteiger charge is -2.33. The summed E-state index contributed by atoms with van der Waals surface area (Å²) in [6, 6.07) is 6.27. The molecule has 4 nitrogen and oxygen atoms in total. The van der Waals surface area contributed by atoms with E-state index in [1.807, 2.05) is 30.0 Å². The summed E-state index contributed by atoms with van der Waals surface area (Å²) in [4.78, 5) is 2.46. The number of nitrogens with two attached hydrogens (primary N) is 1. The Morgan fingerprint density at radius 2 is 2.37 bits per heavy atom. The second-order valence-corrected chi connectivity index (χ2v) is 5.98. The highest BCUT2D eigenvalue weighted by atomic mass is 32.2. The summed E-state index contributed by atoms with van der Waals surface area (Å²) in [5, 5.41) is 7.54. The molecule has 1 aromatic carbocycles. The molecule has 5 heteroatoms. The highest BCUT2D eigenvalue weighted by Gasteiger charge is 2.20. The van der Waals surface area contributed by atoms with Crippen molar-refractivity contribution < 1.29 is 4.74 Å². The van der Waals surface area contributed by atoms with Gasteiger partial charge in [-0.2, -0.15) is 11.8 Å². The van der Waals surface area contributed by atoms with Crippen LogP contribution in [0.25, 0.3) is 0 Å². The Labute approximate surface area is 118 Å². The second-order valence-electron chi connectivity index (χ2n) is 4.83. The Balaban J connectivity index is 2.21. The lowest BCUT2D eigenvalue weighted by molar-refractivity contribution is 0.221. The van der Waals surface area contributed by atoms with Gasteiger partial charge in [-0.05, 0) is 25.1 Å². The number of amidine groups is 1. The normalized spacial score (nSPS) is 20.2. The first-order valence-corrected chi connectivity index (χ1v) is 7.60. The molecule has 19 heavy (non-hydrogen) atoms. The summed E-state index contributed by atoms with van der Waals surface area (Å²) in [5.74, 6) is 3.33. The fourth-order valence-electron chi connectivity index (χ4n) is 2.28. The molecule has 3 N–H and O–H groups in total. The van der Waals surface area contributed by atoms with E-state index >= 15 is 0 Å². The number of nitrogen functional groups attached to an aromatic ring is 1. The SMILES string of the molecule is COc1ccc(C(=N)N)cc1CN1CCSCC1C. The van der Waals surface area contributed by atoms with Crippen LogP contribution >= 0.6 is 11.8 Å². The topological polar surface area (TPSA) is 62.3 Å². The molecular formula is C14H21N3OS. The minimum Gasteiger partial charge on any atom is -0.496 e. The van der Waals surface area contributed by atoms with Crippen molar-refractivity contribution in [2.24, 2.45) is 5.73 Å². The second kappa shape index (κ2) is 6.30. The van der Waals surface area contributed by atoms with Crippen LogP contribution in [0.2, 0.25) is 0 Å². The standard InChI is InChI=1S/C14H21N3OS/c1-10-9-19-6-5-17(10)8-12-7-11(14(15)16)3-4-13(12)18-2/h3-4,7,10H,5-6,8-9H2,1-2H3,(H3,15,16). The minimum atomic E-state index is 0.103. The van der Waals surface area contributed by atoms with Crippen LogP contribution in [0.4, 0.5) is 0 Å². The van der Waals surface area contributed by atoms with Crippen molar-refractivity contribution in [3.63, 3.8) is 0 Å². The molecule has 0 spiro atoms. The number of rotatable bonds is 4. The smallest absolute Gasteiger partial charge is 0.123 e. The van der Waals surface area contributed by atoms with E-state index in [0.717, 1.165) is 30.0 Å². The largest absolute Gasteiger partial charge is 0.496 e. The van der Waals surface area contributed by atoms with Gasteiger partial charge in [0.15, 0.2) is 0 Å². The van der Waals surface area contributed by atoms with E-state index < -0.39 is 0 Å². The highest BCUT2D eigenvalue weighted by molar-refractivity contribution is 7.99. The maximum atomic E-state index is 7.54. The molecule has 1 aliphatic heterocycles. The molecule has 2 rings (SSSR count). The number of hydrogen-bond donors (Lipinski definition) is 2. The van der Waals surface area contributed by atoms with Gasteiger partial charge < -0.3 is 10.5 Å². The van der Waals surface area contributed by atoms with Gasteiger partial charge in [-0.15, -0.1) is 0 Å². The van der Waals surface area contributed by atoms with E-state index in [1.165, 1.54) is 11.5 Å². The summed E-state index contributed by atoms with van der Waals surface area (Å²) in [6.07, 6.45) is 0. The monoisotopic (exact) mass is 279 g/mol. The van der Waals surface area contributed by atoms with Crippen molar-refractivity contribution in [1.82, 2.24) is 4.90 Å². The minimum absolute atomic E-state index is 0.103. The van der Waals surface area contributed by atoms with Crippen LogP contribution in [-0.2, 0) is 6.54 Å². The van der Waals surface area contributed by atoms with Gasteiger partial charge >= 0.3 is 0 Å². The van der Waals surface area contributed by atoms with Crippen LogP contribution in [0.3, 0.4) is 0 Å². The zero-order valence-corrected chi connectivity index (χ0v) is 12.3. The van der Waals surface area contributed by atoms with Crippen LogP contribution in [0.5, 0.6) is 5.75 Å². The molecule has 0 amide bonds. The van der Waals surface area contributed by atoms with Crippen molar-refractivity contribution in [1.29, 1.82) is 5.41 Å². The van der Waals surface area contributed by atoms with Gasteiger partial charge in [0, 0.05) is 41.8 Å². The summed E-state index contributed by atoms with van der Waals surface area (Å²) in [5.41, 5.74) is 7.42. The lowest BCUT2D eigenvalue weighted by Crippen LogP contribution is -2.39. The van der Waals surface area contributed by atoms with Crippen molar-refractivity contribution in [3.8, 4) is 5.75 Å². The average Bonchev–Trinajstić information content (AvgIpc) is 2.41. The lowest BCUT2D eigenvalue weighted by atomic mass is 10.1. The zero-order valence-electron chi connectivity index (χ0n) is 11.5. The Hall–Kier alpha value is -1.20. The van der Waals surface area contributed by atoms with Gasteiger partial charge in [-0.25, -0.2) is 0 Å². The van der Waals surface area contributed by atoms with Crippen LogP contribution in [0.15, 0.2) is 18.2 Å². The predicted molar refractivity (Wildman–Crippen MR) is 81.2 cm³/mol. The molecule has 1 aliphatic rings. The van der Waals surface area contributed by atoms with E-state index in [4.69, 9.17) is 15.9 Å².